The molecule has 30 heavy (non-hydrogen) atoms. The van der Waals surface area contributed by atoms with Crippen LogP contribution in [-0.2, 0) is 0 Å². The highest BCUT2D eigenvalue weighted by Gasteiger charge is 2.12. The third kappa shape index (κ3) is 3.80. The summed E-state index contributed by atoms with van der Waals surface area (Å²) in [6.45, 7) is 0. The predicted octanol–water partition coefficient (Wildman–Crippen LogP) is 4.93. The number of anilines is 2. The summed E-state index contributed by atoms with van der Waals surface area (Å²) in [6.07, 6.45) is 4.79. The van der Waals surface area contributed by atoms with Gasteiger partial charge >= 0.3 is 0 Å². The summed E-state index contributed by atoms with van der Waals surface area (Å²) < 4.78 is 0. The number of hydrogen-bond donors (Lipinski definition) is 2. The van der Waals surface area contributed by atoms with Gasteiger partial charge in [-0.1, -0.05) is 30.3 Å². The lowest BCUT2D eigenvalue weighted by Gasteiger charge is -2.11. The number of hydrogen-bond acceptors (Lipinski definition) is 7. The standard InChI is InChI=1S/C21H14N6O.2ClH/c28-17-9-8-15(14-7-4-10-22-18(14)17)27-21-19-20(24-12-25-21)23-11-16(26-19)13-5-2-1-3-6-13;;/h1-12,28H,(H,23,24,25,27);2*1H. The molecule has 5 aromatic rings. The van der Waals surface area contributed by atoms with Gasteiger partial charge in [-0.3, -0.25) is 4.98 Å². The van der Waals surface area contributed by atoms with Crippen LogP contribution in [0, 0.1) is 0 Å². The van der Waals surface area contributed by atoms with Crippen LogP contribution in [-0.4, -0.2) is 30.0 Å². The minimum absolute atomic E-state index is 0. The molecule has 9 heteroatoms. The number of aromatic nitrogens is 5. The summed E-state index contributed by atoms with van der Waals surface area (Å²) in [4.78, 5) is 22.0. The Bertz CT molecular complexity index is 1320. The number of fused-ring (bicyclic) bond motifs is 2. The van der Waals surface area contributed by atoms with Crippen LogP contribution in [0.4, 0.5) is 11.5 Å². The van der Waals surface area contributed by atoms with Gasteiger partial charge in [0.2, 0.25) is 0 Å². The molecule has 0 aliphatic carbocycles. The molecule has 0 bridgehead atoms. The molecule has 0 fully saturated rings. The first-order valence-corrected chi connectivity index (χ1v) is 8.66. The van der Waals surface area contributed by atoms with Gasteiger partial charge in [0.1, 0.15) is 17.6 Å². The molecule has 5 rings (SSSR count). The molecular weight excluding hydrogens is 423 g/mol. The van der Waals surface area contributed by atoms with Crippen LogP contribution in [0.2, 0.25) is 0 Å². The van der Waals surface area contributed by atoms with E-state index in [-0.39, 0.29) is 30.6 Å². The lowest BCUT2D eigenvalue weighted by atomic mass is 10.1. The largest absolute Gasteiger partial charge is 0.506 e. The Labute approximate surface area is 184 Å². The Balaban J connectivity index is 0.00000128. The number of halogens is 2. The van der Waals surface area contributed by atoms with Crippen LogP contribution in [0.5, 0.6) is 5.75 Å². The second-order valence-corrected chi connectivity index (χ2v) is 6.17. The first-order valence-electron chi connectivity index (χ1n) is 8.66. The number of nitrogens with zero attached hydrogens (tertiary/aromatic N) is 5. The van der Waals surface area contributed by atoms with Gasteiger partial charge in [0, 0.05) is 22.8 Å². The third-order valence-corrected chi connectivity index (χ3v) is 4.42. The quantitative estimate of drug-likeness (QED) is 0.385. The SMILES string of the molecule is Cl.Cl.Oc1ccc(Nc2ncnc3ncc(-c4ccccc4)nc23)c2cccnc12. The van der Waals surface area contributed by atoms with E-state index < -0.39 is 0 Å². The summed E-state index contributed by atoms with van der Waals surface area (Å²) >= 11 is 0. The second-order valence-electron chi connectivity index (χ2n) is 6.17. The third-order valence-electron chi connectivity index (χ3n) is 4.42. The Hall–Kier alpha value is -3.55. The van der Waals surface area contributed by atoms with Crippen LogP contribution < -0.4 is 5.32 Å². The average molecular weight is 439 g/mol. The summed E-state index contributed by atoms with van der Waals surface area (Å²) in [5.41, 5.74) is 4.04. The molecule has 7 nitrogen and oxygen atoms in total. The van der Waals surface area contributed by atoms with Gasteiger partial charge in [0.25, 0.3) is 0 Å². The maximum absolute atomic E-state index is 10.1. The van der Waals surface area contributed by atoms with Crippen molar-refractivity contribution in [2.45, 2.75) is 0 Å². The number of aromatic hydroxyl groups is 1. The lowest BCUT2D eigenvalue weighted by molar-refractivity contribution is 0.480. The van der Waals surface area contributed by atoms with E-state index in [1.807, 2.05) is 42.5 Å². The highest BCUT2D eigenvalue weighted by Crippen LogP contribution is 2.32. The molecule has 0 saturated heterocycles. The van der Waals surface area contributed by atoms with Crippen molar-refractivity contribution < 1.29 is 5.11 Å². The molecular formula is C21H16Cl2N6O. The van der Waals surface area contributed by atoms with Crippen LogP contribution in [0.15, 0.2) is 73.3 Å². The predicted molar refractivity (Wildman–Crippen MR) is 122 cm³/mol. The fourth-order valence-electron chi connectivity index (χ4n) is 3.07. The van der Waals surface area contributed by atoms with Crippen molar-refractivity contribution in [2.75, 3.05) is 5.32 Å². The van der Waals surface area contributed by atoms with Crippen molar-refractivity contribution in [1.29, 1.82) is 0 Å². The molecule has 0 saturated carbocycles. The van der Waals surface area contributed by atoms with Crippen LogP contribution >= 0.6 is 24.8 Å². The molecule has 3 aromatic heterocycles. The van der Waals surface area contributed by atoms with Crippen LogP contribution in [0.3, 0.4) is 0 Å². The van der Waals surface area contributed by atoms with Crippen molar-refractivity contribution in [3.05, 3.63) is 73.3 Å². The molecule has 0 spiro atoms. The second kappa shape index (κ2) is 8.86. The summed E-state index contributed by atoms with van der Waals surface area (Å²) in [5.74, 6) is 0.658. The van der Waals surface area contributed by atoms with Crippen LogP contribution in [0.25, 0.3) is 33.3 Å². The van der Waals surface area contributed by atoms with E-state index in [9.17, 15) is 5.11 Å². The molecule has 0 aliphatic rings. The zero-order chi connectivity index (χ0) is 18.9. The molecule has 0 aliphatic heterocycles. The van der Waals surface area contributed by atoms with Gasteiger partial charge in [-0.25, -0.2) is 19.9 Å². The van der Waals surface area contributed by atoms with Gasteiger partial charge in [0.15, 0.2) is 17.0 Å². The number of phenolic OH excluding ortho intramolecular Hbond substituents is 1. The van der Waals surface area contributed by atoms with Gasteiger partial charge < -0.3 is 10.4 Å². The van der Waals surface area contributed by atoms with Crippen molar-refractivity contribution in [1.82, 2.24) is 24.9 Å². The number of benzene rings is 2. The molecule has 0 unspecified atom stereocenters. The first-order chi connectivity index (χ1) is 13.8. The molecule has 150 valence electrons. The lowest BCUT2D eigenvalue weighted by Crippen LogP contribution is -2.00. The van der Waals surface area contributed by atoms with E-state index >= 15 is 0 Å². The van der Waals surface area contributed by atoms with E-state index in [1.54, 1.807) is 24.5 Å². The molecule has 2 aromatic carbocycles. The van der Waals surface area contributed by atoms with E-state index in [4.69, 9.17) is 4.98 Å². The van der Waals surface area contributed by atoms with Crippen LogP contribution in [0.1, 0.15) is 0 Å². The van der Waals surface area contributed by atoms with Crippen molar-refractivity contribution >= 4 is 58.4 Å². The maximum atomic E-state index is 10.1. The van der Waals surface area contributed by atoms with E-state index in [2.05, 4.69) is 25.3 Å². The topological polar surface area (TPSA) is 96.7 Å². The summed E-state index contributed by atoms with van der Waals surface area (Å²) in [5, 5.41) is 14.1. The van der Waals surface area contributed by atoms with Crippen molar-refractivity contribution in [3.63, 3.8) is 0 Å². The highest BCUT2D eigenvalue weighted by atomic mass is 35.5. The minimum Gasteiger partial charge on any atom is -0.506 e. The summed E-state index contributed by atoms with van der Waals surface area (Å²) in [6, 6.07) is 16.9. The summed E-state index contributed by atoms with van der Waals surface area (Å²) in [7, 11) is 0. The van der Waals surface area contributed by atoms with E-state index in [0.29, 0.717) is 22.5 Å². The monoisotopic (exact) mass is 438 g/mol. The smallest absolute Gasteiger partial charge is 0.183 e. The average Bonchev–Trinajstić information content (AvgIpc) is 2.76. The molecule has 0 amide bonds. The number of phenols is 1. The first kappa shape index (κ1) is 21.2. The molecule has 2 N–H and O–H groups in total. The van der Waals surface area contributed by atoms with E-state index in [0.717, 1.165) is 22.3 Å². The fraction of sp³-hybridized carbons (Fsp3) is 0. The Morgan fingerprint density at radius 1 is 0.767 bits per heavy atom. The molecule has 0 atom stereocenters. The van der Waals surface area contributed by atoms with Gasteiger partial charge in [-0.15, -0.1) is 24.8 Å². The minimum atomic E-state index is 0. The normalized spacial score (nSPS) is 10.3. The highest BCUT2D eigenvalue weighted by molar-refractivity contribution is 5.98. The van der Waals surface area contributed by atoms with Gasteiger partial charge in [0.05, 0.1) is 11.9 Å². The Morgan fingerprint density at radius 3 is 2.43 bits per heavy atom. The molecule has 0 radical (unpaired) electrons. The number of pyridine rings is 1. The maximum Gasteiger partial charge on any atom is 0.183 e. The fourth-order valence-corrected chi connectivity index (χ4v) is 3.07. The Kier molecular flexibility index (Phi) is 6.25. The van der Waals surface area contributed by atoms with Crippen molar-refractivity contribution in [3.8, 4) is 17.0 Å². The van der Waals surface area contributed by atoms with Crippen molar-refractivity contribution in [2.24, 2.45) is 0 Å². The number of rotatable bonds is 3. The van der Waals surface area contributed by atoms with Gasteiger partial charge in [-0.05, 0) is 24.3 Å². The zero-order valence-corrected chi connectivity index (χ0v) is 17.1. The van der Waals surface area contributed by atoms with Gasteiger partial charge in [-0.2, -0.15) is 0 Å². The Morgan fingerprint density at radius 2 is 1.60 bits per heavy atom. The zero-order valence-electron chi connectivity index (χ0n) is 15.4. The number of nitrogens with one attached hydrogen (secondary N) is 1. The van der Waals surface area contributed by atoms with E-state index in [1.165, 1.54) is 6.33 Å². The molecule has 3 heterocycles.